The molecule has 0 spiro atoms. The normalized spacial score (nSPS) is 17.7. The quantitative estimate of drug-likeness (QED) is 0.738. The van der Waals surface area contributed by atoms with E-state index >= 15 is 0 Å². The van der Waals surface area contributed by atoms with Crippen molar-refractivity contribution in [3.63, 3.8) is 0 Å². The Hall–Kier alpha value is -3.10. The van der Waals surface area contributed by atoms with Gasteiger partial charge >= 0.3 is 0 Å². The Balaban J connectivity index is 1.61. The van der Waals surface area contributed by atoms with E-state index in [2.05, 4.69) is 10.2 Å². The standard InChI is InChI=1S/C22H21F2N3O3/c23-16-3-1-15(2-4-16)19-20(25-18-7-5-17(24)6-8-18)22(29)27(21(19)28)10-9-26-11-13-30-14-12-26/h1-8,25H,9-14H2. The summed E-state index contributed by atoms with van der Waals surface area (Å²) in [5.74, 6) is -1.75. The lowest BCUT2D eigenvalue weighted by Crippen LogP contribution is -2.43. The molecule has 1 saturated heterocycles. The van der Waals surface area contributed by atoms with E-state index in [1.165, 1.54) is 53.4 Å². The predicted octanol–water partition coefficient (Wildman–Crippen LogP) is 2.49. The number of carbonyl (C=O) groups excluding carboxylic acids is 2. The Morgan fingerprint density at radius 3 is 2.07 bits per heavy atom. The van der Waals surface area contributed by atoms with Crippen LogP contribution in [0.15, 0.2) is 54.2 Å². The minimum absolute atomic E-state index is 0.0974. The molecule has 6 nitrogen and oxygen atoms in total. The summed E-state index contributed by atoms with van der Waals surface area (Å²) >= 11 is 0. The van der Waals surface area contributed by atoms with Crippen molar-refractivity contribution >= 4 is 23.1 Å². The molecule has 30 heavy (non-hydrogen) atoms. The average Bonchev–Trinajstić information content (AvgIpc) is 2.99. The molecule has 2 heterocycles. The van der Waals surface area contributed by atoms with Gasteiger partial charge < -0.3 is 10.1 Å². The number of morpholine rings is 1. The van der Waals surface area contributed by atoms with Gasteiger partial charge in [-0.05, 0) is 42.0 Å². The topological polar surface area (TPSA) is 61.9 Å². The van der Waals surface area contributed by atoms with E-state index in [0.717, 1.165) is 13.1 Å². The van der Waals surface area contributed by atoms with Crippen molar-refractivity contribution in [3.05, 3.63) is 71.4 Å². The van der Waals surface area contributed by atoms with Crippen molar-refractivity contribution < 1.29 is 23.1 Å². The Morgan fingerprint density at radius 2 is 1.43 bits per heavy atom. The van der Waals surface area contributed by atoms with Gasteiger partial charge in [0.1, 0.15) is 17.3 Å². The molecule has 1 N–H and O–H groups in total. The number of carbonyl (C=O) groups is 2. The number of ether oxygens (including phenoxy) is 1. The van der Waals surface area contributed by atoms with E-state index in [1.807, 2.05) is 0 Å². The molecule has 8 heteroatoms. The summed E-state index contributed by atoms with van der Waals surface area (Å²) < 4.78 is 32.0. The van der Waals surface area contributed by atoms with Crippen LogP contribution in [0.5, 0.6) is 0 Å². The molecule has 2 aromatic rings. The molecule has 1 fully saturated rings. The lowest BCUT2D eigenvalue weighted by molar-refractivity contribution is -0.137. The molecule has 0 atom stereocenters. The number of hydrogen-bond acceptors (Lipinski definition) is 5. The van der Waals surface area contributed by atoms with Gasteiger partial charge in [0.15, 0.2) is 0 Å². The smallest absolute Gasteiger partial charge is 0.278 e. The number of hydrogen-bond donors (Lipinski definition) is 1. The fourth-order valence-corrected chi connectivity index (χ4v) is 3.52. The largest absolute Gasteiger partial charge is 0.379 e. The van der Waals surface area contributed by atoms with Crippen molar-refractivity contribution in [3.8, 4) is 0 Å². The van der Waals surface area contributed by atoms with Gasteiger partial charge in [-0.15, -0.1) is 0 Å². The molecule has 0 unspecified atom stereocenters. The first-order chi connectivity index (χ1) is 14.5. The number of nitrogens with zero attached hydrogens (tertiary/aromatic N) is 2. The van der Waals surface area contributed by atoms with E-state index in [1.54, 1.807) is 0 Å². The van der Waals surface area contributed by atoms with Crippen LogP contribution >= 0.6 is 0 Å². The maximum Gasteiger partial charge on any atom is 0.278 e. The molecule has 0 radical (unpaired) electrons. The van der Waals surface area contributed by atoms with Crippen LogP contribution in [0.4, 0.5) is 14.5 Å². The van der Waals surface area contributed by atoms with Gasteiger partial charge in [0.2, 0.25) is 0 Å². The molecule has 2 amide bonds. The molecular weight excluding hydrogens is 392 g/mol. The zero-order valence-corrected chi connectivity index (χ0v) is 16.2. The van der Waals surface area contributed by atoms with E-state index in [0.29, 0.717) is 31.0 Å². The average molecular weight is 413 g/mol. The summed E-state index contributed by atoms with van der Waals surface area (Å²) in [5, 5.41) is 2.95. The Morgan fingerprint density at radius 1 is 0.833 bits per heavy atom. The van der Waals surface area contributed by atoms with Crippen LogP contribution in [-0.2, 0) is 14.3 Å². The van der Waals surface area contributed by atoms with E-state index in [4.69, 9.17) is 4.74 Å². The van der Waals surface area contributed by atoms with Crippen LogP contribution in [0.25, 0.3) is 5.57 Å². The first kappa shape index (κ1) is 20.2. The summed E-state index contributed by atoms with van der Waals surface area (Å²) in [6, 6.07) is 10.9. The first-order valence-electron chi connectivity index (χ1n) is 9.72. The number of benzene rings is 2. The fraction of sp³-hybridized carbons (Fsp3) is 0.273. The van der Waals surface area contributed by atoms with Gasteiger partial charge in [0.25, 0.3) is 11.8 Å². The Kier molecular flexibility index (Phi) is 5.87. The summed E-state index contributed by atoms with van der Waals surface area (Å²) in [4.78, 5) is 29.6. The highest BCUT2D eigenvalue weighted by molar-refractivity contribution is 6.36. The minimum Gasteiger partial charge on any atom is -0.379 e. The van der Waals surface area contributed by atoms with Crippen molar-refractivity contribution in [2.24, 2.45) is 0 Å². The monoisotopic (exact) mass is 413 g/mol. The lowest BCUT2D eigenvalue weighted by Gasteiger charge is -2.28. The van der Waals surface area contributed by atoms with Gasteiger partial charge in [0, 0.05) is 31.9 Å². The van der Waals surface area contributed by atoms with Crippen LogP contribution in [0.2, 0.25) is 0 Å². The molecule has 0 aromatic heterocycles. The summed E-state index contributed by atoms with van der Waals surface area (Å²) in [7, 11) is 0. The minimum atomic E-state index is -0.461. The third-order valence-corrected chi connectivity index (χ3v) is 5.16. The molecule has 2 aliphatic heterocycles. The van der Waals surface area contributed by atoms with Crippen LogP contribution < -0.4 is 5.32 Å². The van der Waals surface area contributed by atoms with E-state index < -0.39 is 23.4 Å². The highest BCUT2D eigenvalue weighted by Gasteiger charge is 2.39. The molecule has 0 saturated carbocycles. The summed E-state index contributed by atoms with van der Waals surface area (Å²) in [6.07, 6.45) is 0. The van der Waals surface area contributed by atoms with Gasteiger partial charge in [0.05, 0.1) is 18.8 Å². The zero-order chi connectivity index (χ0) is 21.1. The summed E-state index contributed by atoms with van der Waals surface area (Å²) in [5.41, 5.74) is 1.18. The molecule has 2 aromatic carbocycles. The second-order valence-electron chi connectivity index (χ2n) is 7.10. The Bertz CT molecular complexity index is 968. The van der Waals surface area contributed by atoms with Crippen molar-refractivity contribution in [1.82, 2.24) is 9.80 Å². The number of rotatable bonds is 6. The van der Waals surface area contributed by atoms with Gasteiger partial charge in [-0.25, -0.2) is 8.78 Å². The first-order valence-corrected chi connectivity index (χ1v) is 9.72. The molecular formula is C22H21F2N3O3. The summed E-state index contributed by atoms with van der Waals surface area (Å²) in [6.45, 7) is 3.51. The fourth-order valence-electron chi connectivity index (χ4n) is 3.52. The maximum absolute atomic E-state index is 13.4. The second kappa shape index (κ2) is 8.73. The Labute approximate surface area is 172 Å². The predicted molar refractivity (Wildman–Crippen MR) is 107 cm³/mol. The van der Waals surface area contributed by atoms with Crippen molar-refractivity contribution in [2.75, 3.05) is 44.7 Å². The third-order valence-electron chi connectivity index (χ3n) is 5.16. The highest BCUT2D eigenvalue weighted by atomic mass is 19.1. The molecule has 0 bridgehead atoms. The van der Waals surface area contributed by atoms with E-state index in [-0.39, 0.29) is 17.8 Å². The molecule has 156 valence electrons. The van der Waals surface area contributed by atoms with Crippen LogP contribution in [0.3, 0.4) is 0 Å². The molecule has 2 aliphatic rings. The molecule has 0 aliphatic carbocycles. The number of imide groups is 1. The van der Waals surface area contributed by atoms with Crippen molar-refractivity contribution in [1.29, 1.82) is 0 Å². The van der Waals surface area contributed by atoms with Crippen LogP contribution in [-0.4, -0.2) is 61.0 Å². The van der Waals surface area contributed by atoms with Gasteiger partial charge in [-0.2, -0.15) is 0 Å². The third kappa shape index (κ3) is 4.24. The number of nitrogens with one attached hydrogen (secondary N) is 1. The van der Waals surface area contributed by atoms with Gasteiger partial charge in [-0.1, -0.05) is 12.1 Å². The zero-order valence-electron chi connectivity index (χ0n) is 16.2. The highest BCUT2D eigenvalue weighted by Crippen LogP contribution is 2.30. The van der Waals surface area contributed by atoms with Crippen LogP contribution in [0.1, 0.15) is 5.56 Å². The van der Waals surface area contributed by atoms with E-state index in [9.17, 15) is 18.4 Å². The molecule has 4 rings (SSSR count). The number of amides is 2. The number of anilines is 1. The second-order valence-corrected chi connectivity index (χ2v) is 7.10. The van der Waals surface area contributed by atoms with Gasteiger partial charge in [-0.3, -0.25) is 19.4 Å². The number of halogens is 2. The maximum atomic E-state index is 13.4. The van der Waals surface area contributed by atoms with Crippen LogP contribution in [0, 0.1) is 11.6 Å². The SMILES string of the molecule is O=C1C(Nc2ccc(F)cc2)=C(c2ccc(F)cc2)C(=O)N1CCN1CCOCC1. The lowest BCUT2D eigenvalue weighted by atomic mass is 10.0. The van der Waals surface area contributed by atoms with Crippen molar-refractivity contribution in [2.45, 2.75) is 0 Å².